The van der Waals surface area contributed by atoms with Gasteiger partial charge >= 0.3 is 0 Å². The van der Waals surface area contributed by atoms with Crippen LogP contribution in [0.3, 0.4) is 0 Å². The second kappa shape index (κ2) is 6.32. The first kappa shape index (κ1) is 15.6. The van der Waals surface area contributed by atoms with Gasteiger partial charge < -0.3 is 5.73 Å². The number of hydrogen-bond donors (Lipinski definition) is 1. The highest BCUT2D eigenvalue weighted by atomic mass is 32.2. The van der Waals surface area contributed by atoms with Crippen molar-refractivity contribution in [2.45, 2.75) is 17.7 Å². The van der Waals surface area contributed by atoms with Gasteiger partial charge in [-0.3, -0.25) is 0 Å². The van der Waals surface area contributed by atoms with E-state index in [0.29, 0.717) is 24.7 Å². The molecule has 0 amide bonds. The minimum absolute atomic E-state index is 0.313. The average molecular weight is 318 g/mol. The predicted molar refractivity (Wildman–Crippen MR) is 80.7 cm³/mol. The van der Waals surface area contributed by atoms with Crippen LogP contribution in [0.25, 0.3) is 0 Å². The van der Waals surface area contributed by atoms with Crippen molar-refractivity contribution in [3.8, 4) is 0 Å². The van der Waals surface area contributed by atoms with Gasteiger partial charge in [-0.15, -0.1) is 11.8 Å². The van der Waals surface area contributed by atoms with E-state index in [1.54, 1.807) is 17.8 Å². The lowest BCUT2D eigenvalue weighted by Crippen LogP contribution is -2.39. The van der Waals surface area contributed by atoms with E-state index < -0.39 is 10.0 Å². The first-order valence-corrected chi connectivity index (χ1v) is 9.32. The number of nitrogen functional groups attached to an aromatic ring is 1. The first-order valence-electron chi connectivity index (χ1n) is 6.49. The van der Waals surface area contributed by atoms with E-state index in [9.17, 15) is 12.8 Å². The number of benzene rings is 1. The number of anilines is 1. The molecule has 0 aromatic heterocycles. The number of piperidine rings is 1. The summed E-state index contributed by atoms with van der Waals surface area (Å²) >= 11 is 1.56. The van der Waals surface area contributed by atoms with Crippen LogP contribution < -0.4 is 5.73 Å². The molecule has 1 unspecified atom stereocenters. The Morgan fingerprint density at radius 3 is 2.90 bits per heavy atom. The van der Waals surface area contributed by atoms with Crippen LogP contribution in [0, 0.1) is 11.7 Å². The normalized spacial score (nSPS) is 21.0. The predicted octanol–water partition coefficient (Wildman–Crippen LogP) is 2.17. The quantitative estimate of drug-likeness (QED) is 0.683. The monoisotopic (exact) mass is 318 g/mol. The first-order chi connectivity index (χ1) is 9.36. The van der Waals surface area contributed by atoms with Crippen molar-refractivity contribution < 1.29 is 12.8 Å². The van der Waals surface area contributed by atoms with E-state index in [2.05, 4.69) is 0 Å². The summed E-state index contributed by atoms with van der Waals surface area (Å²) in [5.74, 6) is 0.766. The largest absolute Gasteiger partial charge is 0.398 e. The van der Waals surface area contributed by atoms with E-state index in [0.717, 1.165) is 23.5 Å². The Balaban J connectivity index is 1.94. The minimum Gasteiger partial charge on any atom is -0.398 e. The van der Waals surface area contributed by atoms with Crippen LogP contribution >= 0.6 is 11.8 Å². The van der Waals surface area contributed by atoms with Crippen LogP contribution in [0.15, 0.2) is 23.1 Å². The van der Waals surface area contributed by atoms with Crippen molar-refractivity contribution in [3.63, 3.8) is 0 Å². The molecule has 1 atom stereocenters. The molecule has 1 aromatic rings. The highest BCUT2D eigenvalue weighted by molar-refractivity contribution is 7.99. The Hall–Kier alpha value is -0.790. The zero-order chi connectivity index (χ0) is 14.8. The van der Waals surface area contributed by atoms with Crippen molar-refractivity contribution in [2.75, 3.05) is 30.8 Å². The van der Waals surface area contributed by atoms with Gasteiger partial charge in [0, 0.05) is 29.4 Å². The van der Waals surface area contributed by atoms with E-state index in [1.807, 2.05) is 0 Å². The summed E-state index contributed by atoms with van der Waals surface area (Å²) in [5.41, 5.74) is 6.20. The second-order valence-corrected chi connectivity index (χ2v) is 8.17. The fourth-order valence-corrected chi connectivity index (χ4v) is 4.34. The molecular weight excluding hydrogens is 299 g/mol. The van der Waals surface area contributed by atoms with Gasteiger partial charge in [0.15, 0.2) is 0 Å². The van der Waals surface area contributed by atoms with E-state index in [4.69, 9.17) is 5.73 Å². The molecular formula is C13H19FN2O2S2. The SMILES string of the molecule is CS(=O)(=O)N1CCCC(CSc2ccc(F)cc2N)C1. The van der Waals surface area contributed by atoms with E-state index in [1.165, 1.54) is 22.7 Å². The molecule has 2 N–H and O–H groups in total. The lowest BCUT2D eigenvalue weighted by atomic mass is 10.0. The summed E-state index contributed by atoms with van der Waals surface area (Å²) in [5, 5.41) is 0. The molecule has 0 bridgehead atoms. The molecule has 7 heteroatoms. The number of nitrogens with zero attached hydrogens (tertiary/aromatic N) is 1. The maximum Gasteiger partial charge on any atom is 0.211 e. The van der Waals surface area contributed by atoms with Crippen LogP contribution in [-0.2, 0) is 10.0 Å². The molecule has 1 aromatic carbocycles. The standard InChI is InChI=1S/C13H19FN2O2S2/c1-20(17,18)16-6-2-3-10(8-16)9-19-13-5-4-11(14)7-12(13)15/h4-5,7,10H,2-3,6,8-9,15H2,1H3. The molecule has 1 fully saturated rings. The summed E-state index contributed by atoms with van der Waals surface area (Å²) in [6.45, 7) is 1.17. The summed E-state index contributed by atoms with van der Waals surface area (Å²) in [7, 11) is -3.11. The third-order valence-corrected chi connectivity index (χ3v) is 5.99. The van der Waals surface area contributed by atoms with Crippen LogP contribution in [0.4, 0.5) is 10.1 Å². The van der Waals surface area contributed by atoms with Crippen LogP contribution in [-0.4, -0.2) is 37.8 Å². The molecule has 2 rings (SSSR count). The van der Waals surface area contributed by atoms with E-state index >= 15 is 0 Å². The summed E-state index contributed by atoms with van der Waals surface area (Å²) in [6.07, 6.45) is 3.15. The molecule has 1 aliphatic heterocycles. The Morgan fingerprint density at radius 1 is 1.50 bits per heavy atom. The Kier molecular flexibility index (Phi) is 4.93. The molecule has 112 valence electrons. The topological polar surface area (TPSA) is 63.4 Å². The maximum atomic E-state index is 13.0. The van der Waals surface area contributed by atoms with Gasteiger partial charge in [-0.05, 0) is 37.0 Å². The number of sulfonamides is 1. The summed E-state index contributed by atoms with van der Waals surface area (Å²) in [6, 6.07) is 4.38. The average Bonchev–Trinajstić information content (AvgIpc) is 2.37. The molecule has 20 heavy (non-hydrogen) atoms. The maximum absolute atomic E-state index is 13.0. The zero-order valence-corrected chi connectivity index (χ0v) is 13.0. The number of hydrogen-bond acceptors (Lipinski definition) is 4. The lowest BCUT2D eigenvalue weighted by Gasteiger charge is -2.30. The van der Waals surface area contributed by atoms with Crippen molar-refractivity contribution in [1.82, 2.24) is 4.31 Å². The molecule has 1 heterocycles. The zero-order valence-electron chi connectivity index (χ0n) is 11.4. The highest BCUT2D eigenvalue weighted by Crippen LogP contribution is 2.30. The number of nitrogens with two attached hydrogens (primary N) is 1. The fraction of sp³-hybridized carbons (Fsp3) is 0.538. The summed E-state index contributed by atoms with van der Waals surface area (Å²) in [4.78, 5) is 0.850. The van der Waals surface area contributed by atoms with Gasteiger partial charge in [-0.1, -0.05) is 0 Å². The van der Waals surface area contributed by atoms with Crippen LogP contribution in [0.1, 0.15) is 12.8 Å². The Labute approximate surface area is 123 Å². The number of rotatable bonds is 4. The lowest BCUT2D eigenvalue weighted by molar-refractivity contribution is 0.286. The summed E-state index contributed by atoms with van der Waals surface area (Å²) < 4.78 is 37.6. The van der Waals surface area contributed by atoms with Crippen LogP contribution in [0.2, 0.25) is 0 Å². The van der Waals surface area contributed by atoms with Crippen molar-refractivity contribution in [1.29, 1.82) is 0 Å². The van der Waals surface area contributed by atoms with Crippen LogP contribution in [0.5, 0.6) is 0 Å². The van der Waals surface area contributed by atoms with Crippen molar-refractivity contribution in [3.05, 3.63) is 24.0 Å². The van der Waals surface area contributed by atoms with Gasteiger partial charge in [0.25, 0.3) is 0 Å². The van der Waals surface area contributed by atoms with Crippen molar-refractivity contribution >= 4 is 27.5 Å². The molecule has 4 nitrogen and oxygen atoms in total. The third-order valence-electron chi connectivity index (χ3n) is 3.40. The van der Waals surface area contributed by atoms with Gasteiger partial charge in [0.1, 0.15) is 5.82 Å². The molecule has 1 aliphatic rings. The van der Waals surface area contributed by atoms with Gasteiger partial charge in [0.2, 0.25) is 10.0 Å². The van der Waals surface area contributed by atoms with Gasteiger partial charge in [-0.25, -0.2) is 17.1 Å². The molecule has 0 aliphatic carbocycles. The smallest absolute Gasteiger partial charge is 0.211 e. The molecule has 0 saturated carbocycles. The van der Waals surface area contributed by atoms with Gasteiger partial charge in [0.05, 0.1) is 6.26 Å². The minimum atomic E-state index is -3.11. The Morgan fingerprint density at radius 2 is 2.25 bits per heavy atom. The van der Waals surface area contributed by atoms with Crippen molar-refractivity contribution in [2.24, 2.45) is 5.92 Å². The Bertz CT molecular complexity index is 578. The number of thioether (sulfide) groups is 1. The molecule has 0 radical (unpaired) electrons. The fourth-order valence-electron chi connectivity index (χ4n) is 2.32. The molecule has 1 saturated heterocycles. The molecule has 0 spiro atoms. The van der Waals surface area contributed by atoms with Gasteiger partial charge in [-0.2, -0.15) is 0 Å². The highest BCUT2D eigenvalue weighted by Gasteiger charge is 2.25. The third kappa shape index (κ3) is 4.10. The number of halogens is 1. The van der Waals surface area contributed by atoms with E-state index in [-0.39, 0.29) is 5.82 Å². The second-order valence-electron chi connectivity index (χ2n) is 5.12.